The first-order chi connectivity index (χ1) is 8.27. The van der Waals surface area contributed by atoms with Crippen molar-refractivity contribution in [2.75, 3.05) is 0 Å². The minimum atomic E-state index is -0.203. The van der Waals surface area contributed by atoms with Gasteiger partial charge in [0.2, 0.25) is 0 Å². The highest BCUT2D eigenvalue weighted by Crippen LogP contribution is 2.26. The van der Waals surface area contributed by atoms with Crippen LogP contribution < -0.4 is 0 Å². The van der Waals surface area contributed by atoms with E-state index in [2.05, 4.69) is 27.9 Å². The average molecular weight is 221 g/mol. The molecule has 0 aliphatic heterocycles. The Morgan fingerprint density at radius 3 is 2.53 bits per heavy atom. The lowest BCUT2D eigenvalue weighted by Crippen LogP contribution is -1.96. The molecule has 0 fully saturated rings. The van der Waals surface area contributed by atoms with Crippen LogP contribution in [0.4, 0.5) is 0 Å². The van der Waals surface area contributed by atoms with Gasteiger partial charge in [0.05, 0.1) is 17.6 Å². The highest BCUT2D eigenvalue weighted by molar-refractivity contribution is 5.90. The quantitative estimate of drug-likeness (QED) is 0.695. The number of rotatable bonds is 1. The largest absolute Gasteiger partial charge is 0.264 e. The summed E-state index contributed by atoms with van der Waals surface area (Å²) in [7, 11) is 0. The van der Waals surface area contributed by atoms with Gasteiger partial charge in [-0.15, -0.1) is 5.92 Å². The molecule has 0 aliphatic carbocycles. The van der Waals surface area contributed by atoms with E-state index in [1.54, 1.807) is 31.7 Å². The first-order valence-corrected chi connectivity index (χ1v) is 5.32. The van der Waals surface area contributed by atoms with Crippen LogP contribution in [-0.4, -0.2) is 9.97 Å². The van der Waals surface area contributed by atoms with Gasteiger partial charge in [0.25, 0.3) is 0 Å². The maximum atomic E-state index is 9.04. The summed E-state index contributed by atoms with van der Waals surface area (Å²) in [5.74, 6) is 5.68. The van der Waals surface area contributed by atoms with Gasteiger partial charge in [0.1, 0.15) is 0 Å². The van der Waals surface area contributed by atoms with Gasteiger partial charge in [-0.3, -0.25) is 9.97 Å². The van der Waals surface area contributed by atoms with Crippen molar-refractivity contribution in [3.05, 3.63) is 35.9 Å². The van der Waals surface area contributed by atoms with Crippen LogP contribution in [0.15, 0.2) is 24.8 Å². The minimum absolute atomic E-state index is 0.203. The van der Waals surface area contributed by atoms with E-state index in [-0.39, 0.29) is 5.92 Å². The van der Waals surface area contributed by atoms with Crippen LogP contribution in [0.3, 0.4) is 0 Å². The first-order valence-electron chi connectivity index (χ1n) is 5.32. The monoisotopic (exact) mass is 221 g/mol. The molecular weight excluding hydrogens is 210 g/mol. The molecule has 1 atom stereocenters. The lowest BCUT2D eigenvalue weighted by atomic mass is 9.96. The molecule has 82 valence electrons. The van der Waals surface area contributed by atoms with E-state index in [0.29, 0.717) is 0 Å². The Kier molecular flexibility index (Phi) is 3.03. The SMILES string of the molecule is CC#Cc1cncc2cncc(C(C)C#N)c12. The van der Waals surface area contributed by atoms with Crippen molar-refractivity contribution in [2.45, 2.75) is 19.8 Å². The van der Waals surface area contributed by atoms with E-state index < -0.39 is 0 Å². The van der Waals surface area contributed by atoms with Crippen molar-refractivity contribution in [2.24, 2.45) is 0 Å². The number of fused-ring (bicyclic) bond motifs is 1. The smallest absolute Gasteiger partial charge is 0.0706 e. The molecule has 0 saturated heterocycles. The molecule has 0 spiro atoms. The third kappa shape index (κ3) is 1.96. The van der Waals surface area contributed by atoms with Crippen LogP contribution in [-0.2, 0) is 0 Å². The molecule has 3 nitrogen and oxygen atoms in total. The number of nitrogens with zero attached hydrogens (tertiary/aromatic N) is 3. The second kappa shape index (κ2) is 4.63. The Morgan fingerprint density at radius 2 is 1.88 bits per heavy atom. The Morgan fingerprint density at radius 1 is 1.18 bits per heavy atom. The zero-order valence-corrected chi connectivity index (χ0v) is 9.73. The topological polar surface area (TPSA) is 49.6 Å². The zero-order valence-electron chi connectivity index (χ0n) is 9.73. The molecule has 0 aromatic carbocycles. The van der Waals surface area contributed by atoms with Gasteiger partial charge < -0.3 is 0 Å². The van der Waals surface area contributed by atoms with Crippen LogP contribution in [0.2, 0.25) is 0 Å². The zero-order chi connectivity index (χ0) is 12.3. The summed E-state index contributed by atoms with van der Waals surface area (Å²) in [6, 6.07) is 2.23. The first kappa shape index (κ1) is 11.1. The Bertz CT molecular complexity index is 651. The highest BCUT2D eigenvalue weighted by atomic mass is 14.7. The molecule has 1 unspecified atom stereocenters. The van der Waals surface area contributed by atoms with E-state index in [9.17, 15) is 0 Å². The van der Waals surface area contributed by atoms with Gasteiger partial charge in [0, 0.05) is 35.6 Å². The summed E-state index contributed by atoms with van der Waals surface area (Å²) in [5.41, 5.74) is 1.76. The maximum Gasteiger partial charge on any atom is 0.0706 e. The van der Waals surface area contributed by atoms with Crippen molar-refractivity contribution in [1.29, 1.82) is 5.26 Å². The Balaban J connectivity index is 2.84. The number of pyridine rings is 2. The van der Waals surface area contributed by atoms with Crippen molar-refractivity contribution < 1.29 is 0 Å². The molecular formula is C14H11N3. The summed E-state index contributed by atoms with van der Waals surface area (Å²) < 4.78 is 0. The number of hydrogen-bond acceptors (Lipinski definition) is 3. The van der Waals surface area contributed by atoms with E-state index in [4.69, 9.17) is 5.26 Å². The molecule has 2 aromatic heterocycles. The summed E-state index contributed by atoms with van der Waals surface area (Å²) in [6.07, 6.45) is 6.96. The van der Waals surface area contributed by atoms with Gasteiger partial charge in [-0.05, 0) is 19.4 Å². The van der Waals surface area contributed by atoms with E-state index in [1.165, 1.54) is 0 Å². The fourth-order valence-corrected chi connectivity index (χ4v) is 1.79. The summed E-state index contributed by atoms with van der Waals surface area (Å²) >= 11 is 0. The van der Waals surface area contributed by atoms with Gasteiger partial charge in [0.15, 0.2) is 0 Å². The standard InChI is InChI=1S/C14H11N3/c1-3-4-11-6-16-7-12-8-17-9-13(14(11)12)10(2)5-15/h6-10H,1-2H3. The molecule has 3 heteroatoms. The molecule has 0 aliphatic rings. The molecule has 0 bridgehead atoms. The molecule has 0 radical (unpaired) electrons. The lowest BCUT2D eigenvalue weighted by Gasteiger charge is -2.08. The summed E-state index contributed by atoms with van der Waals surface area (Å²) in [5, 5.41) is 10.9. The second-order valence-electron chi connectivity index (χ2n) is 3.74. The predicted octanol–water partition coefficient (Wildman–Crippen LogP) is 2.63. The van der Waals surface area contributed by atoms with E-state index >= 15 is 0 Å². The number of aromatic nitrogens is 2. The fraction of sp³-hybridized carbons (Fsp3) is 0.214. The Labute approximate surface area is 100 Å². The summed E-state index contributed by atoms with van der Waals surface area (Å²) in [6.45, 7) is 3.65. The van der Waals surface area contributed by atoms with Crippen LogP contribution in [0.5, 0.6) is 0 Å². The molecule has 2 heterocycles. The van der Waals surface area contributed by atoms with Gasteiger partial charge in [-0.2, -0.15) is 5.26 Å². The molecule has 0 amide bonds. The van der Waals surface area contributed by atoms with Gasteiger partial charge in [-0.25, -0.2) is 0 Å². The third-order valence-electron chi connectivity index (χ3n) is 2.61. The average Bonchev–Trinajstić information content (AvgIpc) is 2.38. The molecule has 2 aromatic rings. The Hall–Kier alpha value is -2.39. The van der Waals surface area contributed by atoms with Crippen molar-refractivity contribution >= 4 is 10.8 Å². The van der Waals surface area contributed by atoms with E-state index in [0.717, 1.165) is 21.9 Å². The second-order valence-corrected chi connectivity index (χ2v) is 3.74. The van der Waals surface area contributed by atoms with Crippen LogP contribution in [0, 0.1) is 23.2 Å². The van der Waals surface area contributed by atoms with Gasteiger partial charge >= 0.3 is 0 Å². The van der Waals surface area contributed by atoms with Crippen molar-refractivity contribution in [3.8, 4) is 17.9 Å². The third-order valence-corrected chi connectivity index (χ3v) is 2.61. The molecule has 0 N–H and O–H groups in total. The van der Waals surface area contributed by atoms with Crippen molar-refractivity contribution in [1.82, 2.24) is 9.97 Å². The number of nitriles is 1. The van der Waals surface area contributed by atoms with E-state index in [1.807, 2.05) is 6.92 Å². The van der Waals surface area contributed by atoms with Crippen LogP contribution in [0.25, 0.3) is 10.8 Å². The highest BCUT2D eigenvalue weighted by Gasteiger charge is 2.11. The van der Waals surface area contributed by atoms with Crippen LogP contribution in [0.1, 0.15) is 30.9 Å². The molecule has 2 rings (SSSR count). The lowest BCUT2D eigenvalue weighted by molar-refractivity contribution is 0.980. The molecule has 17 heavy (non-hydrogen) atoms. The predicted molar refractivity (Wildman–Crippen MR) is 66.1 cm³/mol. The minimum Gasteiger partial charge on any atom is -0.264 e. The van der Waals surface area contributed by atoms with Gasteiger partial charge in [-0.1, -0.05) is 5.92 Å². The van der Waals surface area contributed by atoms with Crippen LogP contribution >= 0.6 is 0 Å². The summed E-state index contributed by atoms with van der Waals surface area (Å²) in [4.78, 5) is 8.28. The maximum absolute atomic E-state index is 9.04. The van der Waals surface area contributed by atoms with Crippen molar-refractivity contribution in [3.63, 3.8) is 0 Å². The number of hydrogen-bond donors (Lipinski definition) is 0. The molecule has 0 saturated carbocycles. The normalized spacial score (nSPS) is 11.4. The fourth-order valence-electron chi connectivity index (χ4n) is 1.79.